The van der Waals surface area contributed by atoms with Gasteiger partial charge in [-0.05, 0) is 54.3 Å². The van der Waals surface area contributed by atoms with E-state index in [4.69, 9.17) is 0 Å². The molecule has 0 spiro atoms. The van der Waals surface area contributed by atoms with Crippen molar-refractivity contribution in [2.45, 2.75) is 24.3 Å². The summed E-state index contributed by atoms with van der Waals surface area (Å²) in [5.74, 6) is 1.41. The summed E-state index contributed by atoms with van der Waals surface area (Å²) in [6.07, 6.45) is 3.94. The van der Waals surface area contributed by atoms with E-state index < -0.39 is 0 Å². The Labute approximate surface area is 162 Å². The number of carbonyl (C=O) groups excluding carboxylic acids is 1. The Kier molecular flexibility index (Phi) is 5.39. The molecule has 27 heavy (non-hydrogen) atoms. The van der Waals surface area contributed by atoms with E-state index in [9.17, 15) is 9.18 Å². The molecule has 1 fully saturated rings. The summed E-state index contributed by atoms with van der Waals surface area (Å²) < 4.78 is 13.8. The maximum atomic E-state index is 13.8. The van der Waals surface area contributed by atoms with Gasteiger partial charge in [0.2, 0.25) is 0 Å². The van der Waals surface area contributed by atoms with Gasteiger partial charge in [-0.25, -0.2) is 4.39 Å². The number of hydrogen-bond acceptors (Lipinski definition) is 3. The predicted molar refractivity (Wildman–Crippen MR) is 108 cm³/mol. The summed E-state index contributed by atoms with van der Waals surface area (Å²) in [5, 5.41) is 0.831. The highest BCUT2D eigenvalue weighted by Gasteiger charge is 2.19. The van der Waals surface area contributed by atoms with Crippen LogP contribution in [0.3, 0.4) is 0 Å². The van der Waals surface area contributed by atoms with E-state index in [1.165, 1.54) is 6.07 Å². The van der Waals surface area contributed by atoms with Crippen LogP contribution in [-0.4, -0.2) is 28.9 Å². The quantitative estimate of drug-likeness (QED) is 0.621. The minimum absolute atomic E-state index is 0.129. The molecule has 138 valence electrons. The van der Waals surface area contributed by atoms with E-state index in [0.717, 1.165) is 59.3 Å². The van der Waals surface area contributed by atoms with Crippen LogP contribution in [0, 0.1) is 5.82 Å². The number of aromatic nitrogens is 1. The van der Waals surface area contributed by atoms with E-state index >= 15 is 0 Å². The molecule has 0 atom stereocenters. The number of amides is 1. The van der Waals surface area contributed by atoms with Crippen molar-refractivity contribution >= 4 is 28.6 Å². The number of thioether (sulfide) groups is 1. The van der Waals surface area contributed by atoms with Crippen LogP contribution < -0.4 is 0 Å². The number of nitrogens with zero attached hydrogens (tertiary/aromatic N) is 2. The first kappa shape index (κ1) is 18.0. The van der Waals surface area contributed by atoms with Crippen molar-refractivity contribution in [1.82, 2.24) is 9.88 Å². The number of likely N-dealkylation sites (tertiary alicyclic amines) is 1. The molecule has 1 aliphatic heterocycles. The van der Waals surface area contributed by atoms with Crippen LogP contribution in [0.2, 0.25) is 0 Å². The smallest absolute Gasteiger partial charge is 0.253 e. The van der Waals surface area contributed by atoms with Crippen molar-refractivity contribution in [3.05, 3.63) is 77.2 Å². The Bertz CT molecular complexity index is 952. The predicted octanol–water partition coefficient (Wildman–Crippen LogP) is 5.04. The van der Waals surface area contributed by atoms with Gasteiger partial charge in [-0.15, -0.1) is 0 Å². The molecule has 2 heterocycles. The molecular formula is C22H21FN2OS. The topological polar surface area (TPSA) is 33.2 Å². The molecule has 1 saturated heterocycles. The second kappa shape index (κ2) is 8.09. The van der Waals surface area contributed by atoms with Crippen LogP contribution in [0.5, 0.6) is 0 Å². The number of fused-ring (bicyclic) bond motifs is 1. The van der Waals surface area contributed by atoms with Gasteiger partial charge in [-0.3, -0.25) is 9.78 Å². The van der Waals surface area contributed by atoms with Gasteiger partial charge in [0.1, 0.15) is 5.82 Å². The lowest BCUT2D eigenvalue weighted by molar-refractivity contribution is 0.0793. The molecule has 3 nitrogen and oxygen atoms in total. The summed E-state index contributed by atoms with van der Waals surface area (Å²) in [5.41, 5.74) is 3.69. The Hall–Kier alpha value is -2.40. The van der Waals surface area contributed by atoms with Crippen LogP contribution in [0.25, 0.3) is 10.9 Å². The van der Waals surface area contributed by atoms with Crippen LogP contribution in [0.1, 0.15) is 34.3 Å². The lowest BCUT2D eigenvalue weighted by Gasteiger charge is -2.15. The van der Waals surface area contributed by atoms with Gasteiger partial charge < -0.3 is 4.90 Å². The molecule has 5 heteroatoms. The fourth-order valence-corrected chi connectivity index (χ4v) is 4.43. The van der Waals surface area contributed by atoms with Gasteiger partial charge in [-0.1, -0.05) is 18.2 Å². The van der Waals surface area contributed by atoms with Crippen molar-refractivity contribution < 1.29 is 9.18 Å². The molecule has 1 aliphatic rings. The first-order valence-corrected chi connectivity index (χ1v) is 10.4. The molecule has 1 aromatic heterocycles. The Balaban J connectivity index is 1.39. The Morgan fingerprint density at radius 2 is 1.85 bits per heavy atom. The molecule has 0 unspecified atom stereocenters. The van der Waals surface area contributed by atoms with E-state index in [0.29, 0.717) is 5.75 Å². The second-order valence-corrected chi connectivity index (χ2v) is 7.81. The van der Waals surface area contributed by atoms with E-state index in [2.05, 4.69) is 4.98 Å². The van der Waals surface area contributed by atoms with Gasteiger partial charge in [-0.2, -0.15) is 11.8 Å². The average Bonchev–Trinajstić information content (AvgIpc) is 3.22. The molecule has 0 bridgehead atoms. The molecule has 0 N–H and O–H groups in total. The summed E-state index contributed by atoms with van der Waals surface area (Å²) in [7, 11) is 0. The van der Waals surface area contributed by atoms with Gasteiger partial charge >= 0.3 is 0 Å². The number of rotatable bonds is 5. The number of pyridine rings is 1. The summed E-state index contributed by atoms with van der Waals surface area (Å²) >= 11 is 1.72. The summed E-state index contributed by atoms with van der Waals surface area (Å²) in [4.78, 5) is 18.7. The van der Waals surface area contributed by atoms with E-state index in [1.54, 1.807) is 24.0 Å². The lowest BCUT2D eigenvalue weighted by atomic mass is 10.1. The first-order valence-electron chi connectivity index (χ1n) is 9.20. The van der Waals surface area contributed by atoms with Crippen molar-refractivity contribution in [2.75, 3.05) is 13.1 Å². The van der Waals surface area contributed by atoms with E-state index in [-0.39, 0.29) is 11.7 Å². The highest BCUT2D eigenvalue weighted by atomic mass is 32.2. The average molecular weight is 380 g/mol. The van der Waals surface area contributed by atoms with Gasteiger partial charge in [0, 0.05) is 41.7 Å². The minimum atomic E-state index is -0.226. The molecule has 2 aromatic carbocycles. The zero-order chi connectivity index (χ0) is 18.6. The number of halogens is 1. The first-order chi connectivity index (χ1) is 13.2. The SMILES string of the molecule is O=C(c1ccc(CSCc2cc(F)cc3cccnc23)cc1)N1CCCC1. The van der Waals surface area contributed by atoms with Gasteiger partial charge in [0.15, 0.2) is 0 Å². The van der Waals surface area contributed by atoms with Crippen LogP contribution in [-0.2, 0) is 11.5 Å². The zero-order valence-corrected chi connectivity index (χ0v) is 15.8. The Morgan fingerprint density at radius 3 is 2.63 bits per heavy atom. The van der Waals surface area contributed by atoms with Gasteiger partial charge in [0.25, 0.3) is 5.91 Å². The fraction of sp³-hybridized carbons (Fsp3) is 0.273. The molecule has 0 aliphatic carbocycles. The van der Waals surface area contributed by atoms with Crippen LogP contribution >= 0.6 is 11.8 Å². The maximum absolute atomic E-state index is 13.8. The number of carbonyl (C=O) groups is 1. The van der Waals surface area contributed by atoms with Crippen molar-refractivity contribution in [2.24, 2.45) is 0 Å². The van der Waals surface area contributed by atoms with Crippen LogP contribution in [0.4, 0.5) is 4.39 Å². The molecule has 1 amide bonds. The second-order valence-electron chi connectivity index (χ2n) is 6.83. The van der Waals surface area contributed by atoms with Gasteiger partial charge in [0.05, 0.1) is 5.52 Å². The molecular weight excluding hydrogens is 359 g/mol. The lowest BCUT2D eigenvalue weighted by Crippen LogP contribution is -2.27. The van der Waals surface area contributed by atoms with Crippen LogP contribution in [0.15, 0.2) is 54.7 Å². The maximum Gasteiger partial charge on any atom is 0.253 e. The number of hydrogen-bond donors (Lipinski definition) is 0. The highest BCUT2D eigenvalue weighted by Crippen LogP contribution is 2.25. The zero-order valence-electron chi connectivity index (χ0n) is 15.0. The normalized spacial score (nSPS) is 14.0. The van der Waals surface area contributed by atoms with E-state index in [1.807, 2.05) is 41.3 Å². The number of benzene rings is 2. The highest BCUT2D eigenvalue weighted by molar-refractivity contribution is 7.97. The van der Waals surface area contributed by atoms with Crippen molar-refractivity contribution in [3.8, 4) is 0 Å². The molecule has 0 radical (unpaired) electrons. The fourth-order valence-electron chi connectivity index (χ4n) is 3.46. The van der Waals surface area contributed by atoms with Crippen molar-refractivity contribution in [3.63, 3.8) is 0 Å². The molecule has 0 saturated carbocycles. The summed E-state index contributed by atoms with van der Waals surface area (Å²) in [6, 6.07) is 14.6. The molecule has 3 aromatic rings. The summed E-state index contributed by atoms with van der Waals surface area (Å²) in [6.45, 7) is 1.73. The minimum Gasteiger partial charge on any atom is -0.339 e. The largest absolute Gasteiger partial charge is 0.339 e. The van der Waals surface area contributed by atoms with Crippen molar-refractivity contribution in [1.29, 1.82) is 0 Å². The Morgan fingerprint density at radius 1 is 1.07 bits per heavy atom. The third-order valence-corrected chi connectivity index (χ3v) is 5.92. The monoisotopic (exact) mass is 380 g/mol. The third kappa shape index (κ3) is 4.14. The molecule has 4 rings (SSSR count). The third-order valence-electron chi connectivity index (χ3n) is 4.87. The standard InChI is InChI=1S/C22H21FN2OS/c23-20-12-18-4-3-9-24-21(18)19(13-20)15-27-14-16-5-7-17(8-6-16)22(26)25-10-1-2-11-25/h3-9,12-13H,1-2,10-11,14-15H2.